The summed E-state index contributed by atoms with van der Waals surface area (Å²) in [6.45, 7) is 0.941. The minimum absolute atomic E-state index is 0. The summed E-state index contributed by atoms with van der Waals surface area (Å²) in [6.07, 6.45) is 5.27. The van der Waals surface area contributed by atoms with Gasteiger partial charge >= 0.3 is 0 Å². The van der Waals surface area contributed by atoms with Crippen molar-refractivity contribution in [2.75, 3.05) is 7.05 Å². The number of piperidine rings is 1. The topological polar surface area (TPSA) is 15.3 Å². The van der Waals surface area contributed by atoms with Crippen LogP contribution in [0.5, 0.6) is 0 Å². The van der Waals surface area contributed by atoms with Gasteiger partial charge in [-0.3, -0.25) is 4.90 Å². The van der Waals surface area contributed by atoms with Crippen LogP contribution in [0.3, 0.4) is 0 Å². The lowest BCUT2D eigenvalue weighted by Gasteiger charge is -2.35. The maximum atomic E-state index is 6.31. The zero-order chi connectivity index (χ0) is 13.4. The Kier molecular flexibility index (Phi) is 5.78. The summed E-state index contributed by atoms with van der Waals surface area (Å²) in [5, 5.41) is 4.56. The highest BCUT2D eigenvalue weighted by atomic mass is 79.9. The van der Waals surface area contributed by atoms with Crippen LogP contribution in [0.25, 0.3) is 0 Å². The third-order valence-corrected chi connectivity index (χ3v) is 5.35. The van der Waals surface area contributed by atoms with Gasteiger partial charge in [-0.15, -0.1) is 12.4 Å². The molecule has 2 nitrogen and oxygen atoms in total. The van der Waals surface area contributed by atoms with Gasteiger partial charge in [0.05, 0.1) is 0 Å². The molecule has 1 aromatic carbocycles. The monoisotopic (exact) mass is 378 g/mol. The molecule has 2 atom stereocenters. The first-order chi connectivity index (χ1) is 9.11. The summed E-state index contributed by atoms with van der Waals surface area (Å²) >= 11 is 9.77. The summed E-state index contributed by atoms with van der Waals surface area (Å²) in [7, 11) is 2.23. The molecule has 2 heterocycles. The molecular formula is C15H21BrCl2N2. The van der Waals surface area contributed by atoms with Crippen LogP contribution in [0.1, 0.15) is 31.2 Å². The second-order valence-corrected chi connectivity index (χ2v) is 7.24. The zero-order valence-electron chi connectivity index (χ0n) is 11.6. The van der Waals surface area contributed by atoms with Crippen molar-refractivity contribution in [3.63, 3.8) is 0 Å². The molecule has 1 N–H and O–H groups in total. The van der Waals surface area contributed by atoms with E-state index in [1.165, 1.54) is 31.2 Å². The Morgan fingerprint density at radius 3 is 2.55 bits per heavy atom. The van der Waals surface area contributed by atoms with Gasteiger partial charge in [0, 0.05) is 34.2 Å². The van der Waals surface area contributed by atoms with Crippen LogP contribution in [0, 0.1) is 0 Å². The summed E-state index contributed by atoms with van der Waals surface area (Å²) in [4.78, 5) is 2.47. The molecule has 2 bridgehead atoms. The first-order valence-electron chi connectivity index (χ1n) is 7.02. The molecule has 2 unspecified atom stereocenters. The third-order valence-electron chi connectivity index (χ3n) is 4.51. The van der Waals surface area contributed by atoms with Crippen molar-refractivity contribution in [3.05, 3.63) is 33.3 Å². The normalized spacial score (nSPS) is 28.5. The molecule has 3 rings (SSSR count). The molecular weight excluding hydrogens is 359 g/mol. The summed E-state index contributed by atoms with van der Waals surface area (Å²) in [6, 6.07) is 8.35. The number of nitrogens with one attached hydrogen (secondary N) is 1. The Labute approximate surface area is 140 Å². The third kappa shape index (κ3) is 3.69. The quantitative estimate of drug-likeness (QED) is 0.844. The molecule has 2 saturated heterocycles. The van der Waals surface area contributed by atoms with Gasteiger partial charge in [0.15, 0.2) is 0 Å². The van der Waals surface area contributed by atoms with E-state index in [-0.39, 0.29) is 12.4 Å². The fourth-order valence-corrected chi connectivity index (χ4v) is 4.17. The number of halogens is 3. The predicted molar refractivity (Wildman–Crippen MR) is 90.8 cm³/mol. The van der Waals surface area contributed by atoms with Gasteiger partial charge in [-0.05, 0) is 50.4 Å². The van der Waals surface area contributed by atoms with E-state index in [1.807, 2.05) is 6.07 Å². The van der Waals surface area contributed by atoms with E-state index < -0.39 is 0 Å². The fraction of sp³-hybridized carbons (Fsp3) is 0.600. The number of benzene rings is 1. The second-order valence-electron chi connectivity index (χ2n) is 5.91. The maximum Gasteiger partial charge on any atom is 0.0462 e. The van der Waals surface area contributed by atoms with Crippen LogP contribution in [0.4, 0.5) is 0 Å². The van der Waals surface area contributed by atoms with E-state index in [4.69, 9.17) is 11.6 Å². The molecule has 0 aliphatic carbocycles. The minimum atomic E-state index is 0. The van der Waals surface area contributed by atoms with Crippen molar-refractivity contribution in [1.82, 2.24) is 10.2 Å². The molecule has 5 heteroatoms. The Bertz CT molecular complexity index is 457. The van der Waals surface area contributed by atoms with Crippen LogP contribution in [-0.2, 0) is 6.54 Å². The molecule has 0 radical (unpaired) electrons. The van der Waals surface area contributed by atoms with Gasteiger partial charge < -0.3 is 5.32 Å². The van der Waals surface area contributed by atoms with E-state index in [1.54, 1.807) is 0 Å². The Morgan fingerprint density at radius 1 is 1.30 bits per heavy atom. The molecule has 2 fully saturated rings. The SMILES string of the molecule is CN(Cc1ccc(Br)cc1Cl)C1CC2CCC(C1)N2.Cl. The lowest BCUT2D eigenvalue weighted by Crippen LogP contribution is -2.46. The van der Waals surface area contributed by atoms with Gasteiger partial charge in [0.25, 0.3) is 0 Å². The summed E-state index contributed by atoms with van der Waals surface area (Å²) in [5.41, 5.74) is 1.22. The number of hydrogen-bond acceptors (Lipinski definition) is 2. The van der Waals surface area contributed by atoms with Gasteiger partial charge in [-0.1, -0.05) is 33.6 Å². The van der Waals surface area contributed by atoms with Crippen LogP contribution in [-0.4, -0.2) is 30.1 Å². The molecule has 0 spiro atoms. The van der Waals surface area contributed by atoms with Crippen LogP contribution in [0.15, 0.2) is 22.7 Å². The van der Waals surface area contributed by atoms with Crippen molar-refractivity contribution < 1.29 is 0 Å². The van der Waals surface area contributed by atoms with E-state index in [9.17, 15) is 0 Å². The van der Waals surface area contributed by atoms with Gasteiger partial charge in [-0.2, -0.15) is 0 Å². The van der Waals surface area contributed by atoms with Gasteiger partial charge in [0.2, 0.25) is 0 Å². The largest absolute Gasteiger partial charge is 0.311 e. The van der Waals surface area contributed by atoms with Crippen molar-refractivity contribution in [1.29, 1.82) is 0 Å². The van der Waals surface area contributed by atoms with Crippen molar-refractivity contribution in [3.8, 4) is 0 Å². The first kappa shape index (κ1) is 16.6. The zero-order valence-corrected chi connectivity index (χ0v) is 14.8. The lowest BCUT2D eigenvalue weighted by molar-refractivity contribution is 0.166. The van der Waals surface area contributed by atoms with Gasteiger partial charge in [0.1, 0.15) is 0 Å². The summed E-state index contributed by atoms with van der Waals surface area (Å²) in [5.74, 6) is 0. The smallest absolute Gasteiger partial charge is 0.0462 e. The fourth-order valence-electron chi connectivity index (χ4n) is 3.43. The Morgan fingerprint density at radius 2 is 1.95 bits per heavy atom. The van der Waals surface area contributed by atoms with E-state index in [0.29, 0.717) is 6.04 Å². The minimum Gasteiger partial charge on any atom is -0.311 e. The first-order valence-corrected chi connectivity index (χ1v) is 8.19. The highest BCUT2D eigenvalue weighted by Gasteiger charge is 2.34. The second kappa shape index (κ2) is 6.97. The van der Waals surface area contributed by atoms with Crippen molar-refractivity contribution >= 4 is 39.9 Å². The van der Waals surface area contributed by atoms with Gasteiger partial charge in [-0.25, -0.2) is 0 Å². The Hall–Kier alpha value is 0.200. The number of rotatable bonds is 3. The number of nitrogens with zero attached hydrogens (tertiary/aromatic N) is 1. The average molecular weight is 380 g/mol. The molecule has 20 heavy (non-hydrogen) atoms. The van der Waals surface area contributed by atoms with Crippen molar-refractivity contribution in [2.24, 2.45) is 0 Å². The highest BCUT2D eigenvalue weighted by molar-refractivity contribution is 9.10. The molecule has 0 saturated carbocycles. The lowest BCUT2D eigenvalue weighted by atomic mass is 9.98. The highest BCUT2D eigenvalue weighted by Crippen LogP contribution is 2.30. The molecule has 112 valence electrons. The van der Waals surface area contributed by atoms with E-state index in [0.717, 1.165) is 28.1 Å². The Balaban J connectivity index is 0.00000147. The molecule has 1 aromatic rings. The van der Waals surface area contributed by atoms with Crippen LogP contribution < -0.4 is 5.32 Å². The predicted octanol–water partition coefficient (Wildman–Crippen LogP) is 4.24. The van der Waals surface area contributed by atoms with E-state index >= 15 is 0 Å². The molecule has 0 aromatic heterocycles. The van der Waals surface area contributed by atoms with Crippen LogP contribution >= 0.6 is 39.9 Å². The standard InChI is InChI=1S/C15H20BrClN2.ClH/c1-19(9-10-2-3-11(16)6-15(10)17)14-7-12-4-5-13(8-14)18-12;/h2-3,6,12-14,18H,4-5,7-9H2,1H3;1H. The molecule has 2 aliphatic rings. The van der Waals surface area contributed by atoms with E-state index in [2.05, 4.69) is 45.3 Å². The van der Waals surface area contributed by atoms with Crippen molar-refractivity contribution in [2.45, 2.75) is 50.4 Å². The number of hydrogen-bond donors (Lipinski definition) is 1. The molecule has 0 amide bonds. The molecule has 2 aliphatic heterocycles. The number of fused-ring (bicyclic) bond motifs is 2. The summed E-state index contributed by atoms with van der Waals surface area (Å²) < 4.78 is 1.05. The van der Waals surface area contributed by atoms with Crippen LogP contribution in [0.2, 0.25) is 5.02 Å². The average Bonchev–Trinajstić information content (AvgIpc) is 2.71. The maximum absolute atomic E-state index is 6.31.